The first-order chi connectivity index (χ1) is 10.7. The van der Waals surface area contributed by atoms with E-state index in [1.165, 1.54) is 25.7 Å². The highest BCUT2D eigenvalue weighted by Gasteiger charge is 2.29. The normalized spacial score (nSPS) is 22.4. The summed E-state index contributed by atoms with van der Waals surface area (Å²) in [7, 11) is 3.92. The van der Waals surface area contributed by atoms with Gasteiger partial charge in [0.15, 0.2) is 0 Å². The fourth-order valence-electron chi connectivity index (χ4n) is 3.57. The molecule has 5 nitrogen and oxygen atoms in total. The van der Waals surface area contributed by atoms with Gasteiger partial charge in [0.2, 0.25) is 5.91 Å². The van der Waals surface area contributed by atoms with Gasteiger partial charge in [-0.1, -0.05) is 0 Å². The highest BCUT2D eigenvalue weighted by atomic mass is 35.5. The summed E-state index contributed by atoms with van der Waals surface area (Å²) < 4.78 is 5.10. The molecule has 0 bridgehead atoms. The molecule has 0 aromatic carbocycles. The maximum atomic E-state index is 12.4. The first-order valence-corrected chi connectivity index (χ1v) is 8.90. The van der Waals surface area contributed by atoms with Gasteiger partial charge >= 0.3 is 0 Å². The van der Waals surface area contributed by atoms with Crippen molar-refractivity contribution in [3.63, 3.8) is 0 Å². The maximum absolute atomic E-state index is 12.4. The summed E-state index contributed by atoms with van der Waals surface area (Å²) in [6, 6.07) is 0.103. The molecule has 0 radical (unpaired) electrons. The second-order valence-corrected chi connectivity index (χ2v) is 6.86. The third-order valence-corrected chi connectivity index (χ3v) is 5.11. The number of carbonyl (C=O) groups is 1. The van der Waals surface area contributed by atoms with Crippen molar-refractivity contribution in [2.24, 2.45) is 5.92 Å². The Balaban J connectivity index is 0.00000264. The van der Waals surface area contributed by atoms with E-state index >= 15 is 0 Å². The molecule has 2 heterocycles. The molecule has 0 saturated carbocycles. The van der Waals surface area contributed by atoms with Crippen LogP contribution < -0.4 is 5.32 Å². The van der Waals surface area contributed by atoms with E-state index in [0.29, 0.717) is 5.91 Å². The van der Waals surface area contributed by atoms with Crippen molar-refractivity contribution in [1.29, 1.82) is 0 Å². The Hall–Kier alpha value is -0.360. The third kappa shape index (κ3) is 6.96. The van der Waals surface area contributed by atoms with Crippen LogP contribution >= 0.6 is 12.4 Å². The summed E-state index contributed by atoms with van der Waals surface area (Å²) in [5, 5.41) is 3.32. The number of hydrogen-bond donors (Lipinski definition) is 1. The molecule has 6 heteroatoms. The Morgan fingerprint density at radius 2 is 2.00 bits per heavy atom. The number of ether oxygens (including phenoxy) is 1. The van der Waals surface area contributed by atoms with Gasteiger partial charge in [-0.25, -0.2) is 0 Å². The molecule has 1 N–H and O–H groups in total. The molecular formula is C17H34ClN3O2. The van der Waals surface area contributed by atoms with E-state index < -0.39 is 0 Å². The number of rotatable bonds is 8. The molecule has 0 spiro atoms. The van der Waals surface area contributed by atoms with Crippen molar-refractivity contribution >= 4 is 18.3 Å². The lowest BCUT2D eigenvalue weighted by Gasteiger charge is -2.33. The Morgan fingerprint density at radius 3 is 2.61 bits per heavy atom. The SMILES string of the molecule is COCCN(C)CCCC1CCN(C(=O)C2CCCN2)CC1.Cl. The highest BCUT2D eigenvalue weighted by Crippen LogP contribution is 2.23. The van der Waals surface area contributed by atoms with Crippen molar-refractivity contribution in [3.05, 3.63) is 0 Å². The zero-order valence-electron chi connectivity index (χ0n) is 14.8. The first kappa shape index (κ1) is 20.7. The van der Waals surface area contributed by atoms with Gasteiger partial charge in [0.1, 0.15) is 0 Å². The number of carbonyl (C=O) groups excluding carboxylic acids is 1. The number of likely N-dealkylation sites (tertiary alicyclic amines) is 1. The van der Waals surface area contributed by atoms with Gasteiger partial charge in [0, 0.05) is 26.7 Å². The van der Waals surface area contributed by atoms with Gasteiger partial charge in [0.05, 0.1) is 12.6 Å². The lowest BCUT2D eigenvalue weighted by molar-refractivity contribution is -0.134. The molecular weight excluding hydrogens is 314 g/mol. The zero-order valence-corrected chi connectivity index (χ0v) is 15.6. The van der Waals surface area contributed by atoms with Crippen LogP contribution in [0.3, 0.4) is 0 Å². The highest BCUT2D eigenvalue weighted by molar-refractivity contribution is 5.85. The van der Waals surface area contributed by atoms with E-state index in [9.17, 15) is 4.79 Å². The minimum absolute atomic E-state index is 0. The van der Waals surface area contributed by atoms with Gasteiger partial charge in [-0.2, -0.15) is 0 Å². The van der Waals surface area contributed by atoms with E-state index in [-0.39, 0.29) is 18.4 Å². The number of methoxy groups -OCH3 is 1. The van der Waals surface area contributed by atoms with Crippen LogP contribution in [0.25, 0.3) is 0 Å². The zero-order chi connectivity index (χ0) is 15.8. The second kappa shape index (κ2) is 11.2. The topological polar surface area (TPSA) is 44.8 Å². The largest absolute Gasteiger partial charge is 0.383 e. The van der Waals surface area contributed by atoms with E-state index in [1.807, 2.05) is 0 Å². The van der Waals surface area contributed by atoms with Gasteiger partial charge in [-0.15, -0.1) is 12.4 Å². The van der Waals surface area contributed by atoms with Crippen molar-refractivity contribution < 1.29 is 9.53 Å². The summed E-state index contributed by atoms with van der Waals surface area (Å²) in [6.45, 7) is 5.89. The molecule has 2 saturated heterocycles. The fourth-order valence-corrected chi connectivity index (χ4v) is 3.57. The quantitative estimate of drug-likeness (QED) is 0.726. The first-order valence-electron chi connectivity index (χ1n) is 8.90. The van der Waals surface area contributed by atoms with Crippen LogP contribution in [0.2, 0.25) is 0 Å². The fraction of sp³-hybridized carbons (Fsp3) is 0.941. The molecule has 2 fully saturated rings. The molecule has 0 aromatic rings. The van der Waals surface area contributed by atoms with Crippen LogP contribution in [0, 0.1) is 5.92 Å². The third-order valence-electron chi connectivity index (χ3n) is 5.11. The van der Waals surface area contributed by atoms with Crippen molar-refractivity contribution in [3.8, 4) is 0 Å². The standard InChI is InChI=1S/C17H33N3O2.ClH/c1-19(13-14-22-2)10-4-5-15-7-11-20(12-8-15)17(21)16-6-3-9-18-16;/h15-16,18H,3-14H2,1-2H3;1H. The molecule has 2 rings (SSSR count). The van der Waals surface area contributed by atoms with E-state index in [4.69, 9.17) is 4.74 Å². The Morgan fingerprint density at radius 1 is 1.26 bits per heavy atom. The minimum atomic E-state index is 0. The molecule has 136 valence electrons. The number of nitrogens with one attached hydrogen (secondary N) is 1. The summed E-state index contributed by atoms with van der Waals surface area (Å²) in [5.41, 5.74) is 0. The molecule has 0 aliphatic carbocycles. The van der Waals surface area contributed by atoms with Crippen LogP contribution in [0.5, 0.6) is 0 Å². The number of hydrogen-bond acceptors (Lipinski definition) is 4. The molecule has 1 amide bonds. The molecule has 23 heavy (non-hydrogen) atoms. The van der Waals surface area contributed by atoms with Gasteiger partial charge in [-0.05, 0) is 64.6 Å². The molecule has 2 aliphatic heterocycles. The van der Waals surface area contributed by atoms with Crippen LogP contribution in [-0.2, 0) is 9.53 Å². The second-order valence-electron chi connectivity index (χ2n) is 6.86. The predicted molar refractivity (Wildman–Crippen MR) is 96.2 cm³/mol. The molecule has 1 unspecified atom stereocenters. The average molecular weight is 348 g/mol. The lowest BCUT2D eigenvalue weighted by atomic mass is 9.91. The minimum Gasteiger partial charge on any atom is -0.383 e. The summed E-state index contributed by atoms with van der Waals surface area (Å²) in [5.74, 6) is 1.15. The van der Waals surface area contributed by atoms with E-state index in [1.54, 1.807) is 7.11 Å². The van der Waals surface area contributed by atoms with Gasteiger partial charge in [-0.3, -0.25) is 4.79 Å². The maximum Gasteiger partial charge on any atom is 0.239 e. The van der Waals surface area contributed by atoms with E-state index in [0.717, 1.165) is 58.1 Å². The van der Waals surface area contributed by atoms with Crippen LogP contribution in [0.1, 0.15) is 38.5 Å². The van der Waals surface area contributed by atoms with E-state index in [2.05, 4.69) is 22.2 Å². The molecule has 2 aliphatic rings. The van der Waals surface area contributed by atoms with Crippen molar-refractivity contribution in [2.75, 3.05) is 53.5 Å². The van der Waals surface area contributed by atoms with Crippen molar-refractivity contribution in [2.45, 2.75) is 44.6 Å². The average Bonchev–Trinajstić information content (AvgIpc) is 3.07. The molecule has 1 atom stereocenters. The lowest BCUT2D eigenvalue weighted by Crippen LogP contribution is -2.47. The number of likely N-dealkylation sites (N-methyl/N-ethyl adjacent to an activating group) is 1. The van der Waals surface area contributed by atoms with Crippen molar-refractivity contribution in [1.82, 2.24) is 15.1 Å². The van der Waals surface area contributed by atoms with Gasteiger partial charge < -0.3 is 19.9 Å². The number of piperidine rings is 1. The summed E-state index contributed by atoms with van der Waals surface area (Å²) >= 11 is 0. The number of halogens is 1. The van der Waals surface area contributed by atoms with Crippen LogP contribution in [0.15, 0.2) is 0 Å². The van der Waals surface area contributed by atoms with Gasteiger partial charge in [0.25, 0.3) is 0 Å². The summed E-state index contributed by atoms with van der Waals surface area (Å²) in [4.78, 5) is 16.8. The monoisotopic (exact) mass is 347 g/mol. The Kier molecular flexibility index (Phi) is 10.1. The predicted octanol–water partition coefficient (Wildman–Crippen LogP) is 1.76. The van der Waals surface area contributed by atoms with Crippen LogP contribution in [0.4, 0.5) is 0 Å². The summed E-state index contributed by atoms with van der Waals surface area (Å²) in [6.07, 6.45) is 7.07. The number of amides is 1. The Bertz CT molecular complexity index is 330. The molecule has 0 aromatic heterocycles. The smallest absolute Gasteiger partial charge is 0.239 e. The Labute approximate surface area is 147 Å². The number of nitrogens with zero attached hydrogens (tertiary/aromatic N) is 2. The van der Waals surface area contributed by atoms with Crippen LogP contribution in [-0.4, -0.2) is 75.2 Å².